The van der Waals surface area contributed by atoms with E-state index >= 15 is 0 Å². The van der Waals surface area contributed by atoms with Crippen molar-refractivity contribution in [1.29, 1.82) is 0 Å². The zero-order valence-electron chi connectivity index (χ0n) is 22.9. The van der Waals surface area contributed by atoms with Crippen molar-refractivity contribution in [3.8, 4) is 11.3 Å². The molecule has 0 fully saturated rings. The summed E-state index contributed by atoms with van der Waals surface area (Å²) in [5, 5.41) is 10.7. The number of aliphatic hydroxyl groups is 1. The van der Waals surface area contributed by atoms with Gasteiger partial charge in [0.15, 0.2) is 0 Å². The molecule has 2 aromatic rings. The van der Waals surface area contributed by atoms with Crippen LogP contribution in [0.25, 0.3) is 11.3 Å². The van der Waals surface area contributed by atoms with Crippen LogP contribution in [0.1, 0.15) is 59.7 Å². The van der Waals surface area contributed by atoms with Gasteiger partial charge in [-0.1, -0.05) is 0 Å². The molecule has 0 saturated carbocycles. The fourth-order valence-electron chi connectivity index (χ4n) is 4.02. The van der Waals surface area contributed by atoms with Gasteiger partial charge in [-0.05, 0) is 78.8 Å². The topological polar surface area (TPSA) is 118 Å². The molecule has 1 aromatic carbocycles. The molecule has 4 N–H and O–H groups in total. The highest BCUT2D eigenvalue weighted by molar-refractivity contribution is 7.84. The molecule has 2 heterocycles. The van der Waals surface area contributed by atoms with Gasteiger partial charge in [0.25, 0.3) is 0 Å². The number of nitrogens with zero attached hydrogens (tertiary/aromatic N) is 2. The maximum Gasteiger partial charge on any atom is 0.424 e. The zero-order valence-corrected chi connectivity index (χ0v) is 23.7. The molecule has 0 radical (unpaired) electrons. The Hall–Kier alpha value is -2.61. The highest BCUT2D eigenvalue weighted by Crippen LogP contribution is 2.48. The summed E-state index contributed by atoms with van der Waals surface area (Å²) in [6.07, 6.45) is -6.02. The maximum atomic E-state index is 14.1. The van der Waals surface area contributed by atoms with Crippen molar-refractivity contribution >= 4 is 22.8 Å². The number of aromatic nitrogens is 1. The van der Waals surface area contributed by atoms with Crippen molar-refractivity contribution in [3.05, 3.63) is 47.4 Å². The summed E-state index contributed by atoms with van der Waals surface area (Å²) < 4.78 is 77.1. The summed E-state index contributed by atoms with van der Waals surface area (Å²) in [6.45, 7) is 10.2. The first kappa shape index (κ1) is 30.9. The zero-order chi connectivity index (χ0) is 29.8. The van der Waals surface area contributed by atoms with Crippen LogP contribution < -0.4 is 15.4 Å². The number of halogens is 4. The largest absolute Gasteiger partial charge is 0.443 e. The number of benzene rings is 1. The Morgan fingerprint density at radius 2 is 1.74 bits per heavy atom. The molecule has 0 saturated heterocycles. The number of pyridine rings is 1. The van der Waals surface area contributed by atoms with E-state index in [-0.39, 0.29) is 29.1 Å². The smallest absolute Gasteiger partial charge is 0.424 e. The molecule has 1 aliphatic rings. The molecular weight excluding hydrogens is 540 g/mol. The van der Waals surface area contributed by atoms with Gasteiger partial charge < -0.3 is 15.6 Å². The lowest BCUT2D eigenvalue weighted by Crippen LogP contribution is -2.50. The number of anilines is 1. The van der Waals surface area contributed by atoms with Crippen molar-refractivity contribution in [2.75, 3.05) is 18.0 Å². The van der Waals surface area contributed by atoms with Crippen LogP contribution in [0.5, 0.6) is 0 Å². The molecule has 8 nitrogen and oxygen atoms in total. The lowest BCUT2D eigenvalue weighted by molar-refractivity contribution is -0.263. The highest BCUT2D eigenvalue weighted by Gasteiger charge is 2.57. The lowest BCUT2D eigenvalue weighted by atomic mass is 9.89. The van der Waals surface area contributed by atoms with Crippen molar-refractivity contribution < 1.29 is 36.4 Å². The van der Waals surface area contributed by atoms with Crippen LogP contribution in [0, 0.1) is 5.82 Å². The first-order valence-electron chi connectivity index (χ1n) is 12.1. The predicted octanol–water partition coefficient (Wildman–Crippen LogP) is 4.62. The summed E-state index contributed by atoms with van der Waals surface area (Å²) in [6, 6.07) is 5.78. The van der Waals surface area contributed by atoms with Gasteiger partial charge in [-0.15, -0.1) is 0 Å². The van der Waals surface area contributed by atoms with Crippen molar-refractivity contribution in [3.63, 3.8) is 0 Å². The standard InChI is InChI=1S/C26H34F4N4O4S/c1-22(2,3)38-21(35)34-14-24(7,33-39(37)23(4,5)6)17-12-18(25(36,13-31)26(28,29)30)32-19(20(17)34)15-8-10-16(27)11-9-15/h8-12,33,36H,13-14,31H2,1-7H3/t24-,25-,39?/m1/s1. The van der Waals surface area contributed by atoms with Crippen LogP contribution in [0.4, 0.5) is 28.0 Å². The van der Waals surface area contributed by atoms with Crippen LogP contribution in [0.2, 0.25) is 0 Å². The Labute approximate surface area is 227 Å². The molecule has 13 heteroatoms. The predicted molar refractivity (Wildman–Crippen MR) is 141 cm³/mol. The average Bonchev–Trinajstić information content (AvgIpc) is 3.08. The molecule has 1 aliphatic heterocycles. The van der Waals surface area contributed by atoms with Gasteiger partial charge in [0.1, 0.15) is 11.4 Å². The molecule has 3 rings (SSSR count). The number of nitrogens with one attached hydrogen (secondary N) is 1. The quantitative estimate of drug-likeness (QED) is 0.449. The highest BCUT2D eigenvalue weighted by atomic mass is 32.2. The molecular formula is C26H34F4N4O4S. The first-order valence-corrected chi connectivity index (χ1v) is 13.3. The third-order valence-electron chi connectivity index (χ3n) is 6.13. The Morgan fingerprint density at radius 3 is 2.21 bits per heavy atom. The van der Waals surface area contributed by atoms with E-state index in [0.717, 1.165) is 18.2 Å². The van der Waals surface area contributed by atoms with E-state index in [1.54, 1.807) is 48.5 Å². The van der Waals surface area contributed by atoms with Gasteiger partial charge in [-0.25, -0.2) is 23.1 Å². The lowest BCUT2D eigenvalue weighted by Gasteiger charge is -2.32. The van der Waals surface area contributed by atoms with E-state index < -0.39 is 62.8 Å². The fourth-order valence-corrected chi connectivity index (χ4v) is 4.91. The Bertz CT molecular complexity index is 1270. The van der Waals surface area contributed by atoms with Crippen molar-refractivity contribution in [1.82, 2.24) is 9.71 Å². The second-order valence-electron chi connectivity index (χ2n) is 11.7. The fraction of sp³-hybridized carbons (Fsp3) is 0.538. The molecule has 1 amide bonds. The number of fused-ring (bicyclic) bond motifs is 1. The number of nitrogens with two attached hydrogens (primary N) is 1. The summed E-state index contributed by atoms with van der Waals surface area (Å²) >= 11 is 0. The van der Waals surface area contributed by atoms with Gasteiger partial charge in [0, 0.05) is 17.7 Å². The third kappa shape index (κ3) is 6.11. The second-order valence-corrected chi connectivity index (χ2v) is 13.7. The molecule has 0 aliphatic carbocycles. The maximum absolute atomic E-state index is 14.1. The minimum Gasteiger partial charge on any atom is -0.443 e. The van der Waals surface area contributed by atoms with E-state index in [2.05, 4.69) is 9.71 Å². The molecule has 0 bridgehead atoms. The number of hydrogen-bond acceptors (Lipinski definition) is 6. The first-order chi connectivity index (χ1) is 17.6. The average molecular weight is 575 g/mol. The number of alkyl halides is 3. The number of amides is 1. The monoisotopic (exact) mass is 574 g/mol. The van der Waals surface area contributed by atoms with E-state index in [0.29, 0.717) is 0 Å². The molecule has 1 unspecified atom stereocenters. The van der Waals surface area contributed by atoms with Crippen LogP contribution in [-0.4, -0.2) is 50.0 Å². The van der Waals surface area contributed by atoms with Crippen molar-refractivity contribution in [2.45, 2.75) is 76.1 Å². The van der Waals surface area contributed by atoms with Crippen LogP contribution in [-0.2, 0) is 26.9 Å². The van der Waals surface area contributed by atoms with Gasteiger partial charge in [-0.3, -0.25) is 4.90 Å². The van der Waals surface area contributed by atoms with Gasteiger partial charge >= 0.3 is 12.3 Å². The van der Waals surface area contributed by atoms with E-state index in [9.17, 15) is 31.7 Å². The molecule has 39 heavy (non-hydrogen) atoms. The van der Waals surface area contributed by atoms with Crippen LogP contribution in [0.15, 0.2) is 30.3 Å². The van der Waals surface area contributed by atoms with Gasteiger partial charge in [0.05, 0.1) is 44.9 Å². The minimum absolute atomic E-state index is 0.0714. The second kappa shape index (κ2) is 10.1. The molecule has 1 aromatic heterocycles. The normalized spacial score (nSPS) is 20.4. The SMILES string of the molecule is CC(C)(C)OC(=O)N1C[C@@](C)(NS(=O)C(C)(C)C)c2cc([C@](O)(CN)C(F)(F)F)nc(-c3ccc(F)cc3)c21. The molecule has 3 atom stereocenters. The van der Waals surface area contributed by atoms with E-state index in [4.69, 9.17) is 10.5 Å². The van der Waals surface area contributed by atoms with E-state index in [1.165, 1.54) is 17.0 Å². The summed E-state index contributed by atoms with van der Waals surface area (Å²) in [4.78, 5) is 18.7. The molecule has 0 spiro atoms. The number of rotatable bonds is 5. The van der Waals surface area contributed by atoms with Gasteiger partial charge in [0.2, 0.25) is 5.60 Å². The number of carbonyl (C=O) groups is 1. The Balaban J connectivity index is 2.41. The summed E-state index contributed by atoms with van der Waals surface area (Å²) in [7, 11) is -1.73. The molecule has 216 valence electrons. The number of carbonyl (C=O) groups excluding carboxylic acids is 1. The van der Waals surface area contributed by atoms with Crippen LogP contribution >= 0.6 is 0 Å². The Morgan fingerprint density at radius 1 is 1.18 bits per heavy atom. The summed E-state index contributed by atoms with van der Waals surface area (Å²) in [5.41, 5.74) is -1.04. The van der Waals surface area contributed by atoms with Gasteiger partial charge in [-0.2, -0.15) is 13.2 Å². The van der Waals surface area contributed by atoms with Crippen molar-refractivity contribution in [2.24, 2.45) is 5.73 Å². The summed E-state index contributed by atoms with van der Waals surface area (Å²) in [5.74, 6) is -0.601. The Kier molecular flexibility index (Phi) is 8.00. The minimum atomic E-state index is -5.20. The number of ether oxygens (including phenoxy) is 1. The van der Waals surface area contributed by atoms with E-state index in [1.807, 2.05) is 0 Å². The third-order valence-corrected chi connectivity index (χ3v) is 7.87. The van der Waals surface area contributed by atoms with Crippen LogP contribution in [0.3, 0.4) is 0 Å². The number of hydrogen-bond donors (Lipinski definition) is 3.